The van der Waals surface area contributed by atoms with Crippen molar-refractivity contribution in [2.45, 2.75) is 18.9 Å². The van der Waals surface area contributed by atoms with Gasteiger partial charge in [0.15, 0.2) is 0 Å². The number of pyridine rings is 1. The summed E-state index contributed by atoms with van der Waals surface area (Å²) in [6, 6.07) is 11.1. The molecule has 0 bridgehead atoms. The standard InChI is InChI=1S/C15H15N3OS/c16-14(20)13(10-5-6-10)18-15(19)12-8-7-9-3-1-2-4-11(9)17-12/h1-4,7-8,10,13H,5-6H2,(H2,16,20)(H,18,19). The van der Waals surface area contributed by atoms with Gasteiger partial charge in [-0.3, -0.25) is 4.79 Å². The average Bonchev–Trinajstić information content (AvgIpc) is 3.28. The van der Waals surface area contributed by atoms with E-state index in [1.54, 1.807) is 6.07 Å². The Morgan fingerprint density at radius 1 is 1.30 bits per heavy atom. The van der Waals surface area contributed by atoms with Crippen molar-refractivity contribution in [1.29, 1.82) is 0 Å². The first-order chi connectivity index (χ1) is 9.65. The van der Waals surface area contributed by atoms with Crippen LogP contribution in [0.15, 0.2) is 36.4 Å². The number of hydrogen-bond donors (Lipinski definition) is 2. The second-order valence-electron chi connectivity index (χ2n) is 5.08. The molecule has 1 amide bonds. The van der Waals surface area contributed by atoms with E-state index in [4.69, 9.17) is 18.0 Å². The molecule has 2 aromatic rings. The molecule has 5 heteroatoms. The SMILES string of the molecule is NC(=S)C(NC(=O)c1ccc2ccccc2n1)C1CC1. The Labute approximate surface area is 122 Å². The molecule has 3 rings (SSSR count). The summed E-state index contributed by atoms with van der Waals surface area (Å²) in [5.41, 5.74) is 6.89. The molecule has 1 atom stereocenters. The number of nitrogens with one attached hydrogen (secondary N) is 1. The van der Waals surface area contributed by atoms with Crippen LogP contribution in [0.4, 0.5) is 0 Å². The number of aromatic nitrogens is 1. The number of hydrogen-bond acceptors (Lipinski definition) is 3. The maximum Gasteiger partial charge on any atom is 0.270 e. The van der Waals surface area contributed by atoms with Crippen LogP contribution in [0.2, 0.25) is 0 Å². The molecule has 1 unspecified atom stereocenters. The van der Waals surface area contributed by atoms with Gasteiger partial charge in [-0.05, 0) is 30.9 Å². The summed E-state index contributed by atoms with van der Waals surface area (Å²) in [4.78, 5) is 17.0. The molecule has 0 radical (unpaired) electrons. The minimum atomic E-state index is -0.222. The molecule has 0 saturated heterocycles. The number of rotatable bonds is 4. The van der Waals surface area contributed by atoms with Crippen molar-refractivity contribution < 1.29 is 4.79 Å². The number of thiocarbonyl (C=S) groups is 1. The van der Waals surface area contributed by atoms with Gasteiger partial charge in [-0.2, -0.15) is 0 Å². The van der Waals surface area contributed by atoms with Crippen molar-refractivity contribution in [2.75, 3.05) is 0 Å². The van der Waals surface area contributed by atoms with E-state index in [9.17, 15) is 4.79 Å². The minimum absolute atomic E-state index is 0.217. The topological polar surface area (TPSA) is 68.0 Å². The van der Waals surface area contributed by atoms with Gasteiger partial charge in [0.05, 0.1) is 16.5 Å². The fourth-order valence-electron chi connectivity index (χ4n) is 2.26. The minimum Gasteiger partial charge on any atom is -0.392 e. The monoisotopic (exact) mass is 285 g/mol. The molecule has 102 valence electrons. The molecule has 1 aliphatic carbocycles. The fraction of sp³-hybridized carbons (Fsp3) is 0.267. The van der Waals surface area contributed by atoms with Crippen molar-refractivity contribution in [3.63, 3.8) is 0 Å². The Kier molecular flexibility index (Phi) is 3.36. The average molecular weight is 285 g/mol. The van der Waals surface area contributed by atoms with Crippen LogP contribution in [-0.4, -0.2) is 21.9 Å². The number of para-hydroxylation sites is 1. The van der Waals surface area contributed by atoms with E-state index >= 15 is 0 Å². The van der Waals surface area contributed by atoms with Crippen LogP contribution in [0.3, 0.4) is 0 Å². The molecule has 0 spiro atoms. The Hall–Kier alpha value is -2.01. The summed E-state index contributed by atoms with van der Waals surface area (Å²) in [5, 5.41) is 3.90. The van der Waals surface area contributed by atoms with E-state index in [1.807, 2.05) is 30.3 Å². The number of carbonyl (C=O) groups excluding carboxylic acids is 1. The quantitative estimate of drug-likeness (QED) is 0.843. The molecular formula is C15H15N3OS. The van der Waals surface area contributed by atoms with Gasteiger partial charge in [0.2, 0.25) is 0 Å². The molecule has 1 aliphatic rings. The summed E-state index contributed by atoms with van der Waals surface area (Å²) >= 11 is 5.02. The molecule has 1 fully saturated rings. The van der Waals surface area contributed by atoms with E-state index < -0.39 is 0 Å². The van der Waals surface area contributed by atoms with Gasteiger partial charge in [-0.15, -0.1) is 0 Å². The molecule has 20 heavy (non-hydrogen) atoms. The van der Waals surface area contributed by atoms with Crippen molar-refractivity contribution in [2.24, 2.45) is 11.7 Å². The van der Waals surface area contributed by atoms with E-state index in [1.165, 1.54) is 0 Å². The van der Waals surface area contributed by atoms with Crippen molar-refractivity contribution in [3.8, 4) is 0 Å². The molecule has 1 heterocycles. The third-order valence-corrected chi connectivity index (χ3v) is 3.77. The van der Waals surface area contributed by atoms with E-state index in [2.05, 4.69) is 10.3 Å². The zero-order valence-corrected chi connectivity index (χ0v) is 11.7. The largest absolute Gasteiger partial charge is 0.392 e. The summed E-state index contributed by atoms with van der Waals surface area (Å²) in [6.45, 7) is 0. The molecule has 3 N–H and O–H groups in total. The van der Waals surface area contributed by atoms with Gasteiger partial charge < -0.3 is 11.1 Å². The van der Waals surface area contributed by atoms with E-state index in [0.29, 0.717) is 16.6 Å². The number of amides is 1. The van der Waals surface area contributed by atoms with Gasteiger partial charge in [-0.1, -0.05) is 36.5 Å². The number of nitrogens with zero attached hydrogens (tertiary/aromatic N) is 1. The van der Waals surface area contributed by atoms with Crippen LogP contribution in [-0.2, 0) is 0 Å². The lowest BCUT2D eigenvalue weighted by molar-refractivity contribution is 0.0939. The summed E-state index contributed by atoms with van der Waals surface area (Å²) in [6.07, 6.45) is 2.13. The first kappa shape index (κ1) is 13.0. The summed E-state index contributed by atoms with van der Waals surface area (Å²) in [7, 11) is 0. The molecule has 1 saturated carbocycles. The van der Waals surface area contributed by atoms with Crippen LogP contribution >= 0.6 is 12.2 Å². The highest BCUT2D eigenvalue weighted by Crippen LogP contribution is 2.32. The van der Waals surface area contributed by atoms with E-state index in [0.717, 1.165) is 23.7 Å². The number of carbonyl (C=O) groups is 1. The Balaban J connectivity index is 1.82. The second kappa shape index (κ2) is 5.17. The zero-order chi connectivity index (χ0) is 14.1. The molecular weight excluding hydrogens is 270 g/mol. The predicted molar refractivity (Wildman–Crippen MR) is 82.5 cm³/mol. The van der Waals surface area contributed by atoms with Crippen LogP contribution < -0.4 is 11.1 Å². The van der Waals surface area contributed by atoms with Crippen LogP contribution in [0.1, 0.15) is 23.3 Å². The molecule has 0 aliphatic heterocycles. The zero-order valence-electron chi connectivity index (χ0n) is 10.9. The number of nitrogens with two attached hydrogens (primary N) is 1. The third-order valence-electron chi connectivity index (χ3n) is 3.52. The predicted octanol–water partition coefficient (Wildman–Crippen LogP) is 2.03. The molecule has 1 aromatic carbocycles. The fourth-order valence-corrected chi connectivity index (χ4v) is 2.51. The van der Waals surface area contributed by atoms with Crippen molar-refractivity contribution in [3.05, 3.63) is 42.1 Å². The highest BCUT2D eigenvalue weighted by atomic mass is 32.1. The number of fused-ring (bicyclic) bond motifs is 1. The maximum atomic E-state index is 12.2. The van der Waals surface area contributed by atoms with Crippen molar-refractivity contribution in [1.82, 2.24) is 10.3 Å². The lowest BCUT2D eigenvalue weighted by Gasteiger charge is -2.16. The Morgan fingerprint density at radius 2 is 2.05 bits per heavy atom. The Bertz CT molecular complexity index is 682. The Morgan fingerprint density at radius 3 is 2.75 bits per heavy atom. The highest BCUT2D eigenvalue weighted by Gasteiger charge is 2.34. The maximum absolute atomic E-state index is 12.2. The van der Waals surface area contributed by atoms with Gasteiger partial charge >= 0.3 is 0 Å². The lowest BCUT2D eigenvalue weighted by atomic mass is 10.1. The van der Waals surface area contributed by atoms with Gasteiger partial charge in [0, 0.05) is 5.39 Å². The summed E-state index contributed by atoms with van der Waals surface area (Å²) < 4.78 is 0. The second-order valence-corrected chi connectivity index (χ2v) is 5.55. The highest BCUT2D eigenvalue weighted by molar-refractivity contribution is 7.80. The first-order valence-corrected chi connectivity index (χ1v) is 7.02. The van der Waals surface area contributed by atoms with Crippen LogP contribution in [0.25, 0.3) is 10.9 Å². The lowest BCUT2D eigenvalue weighted by Crippen LogP contribution is -2.45. The third kappa shape index (κ3) is 2.63. The van der Waals surface area contributed by atoms with E-state index in [-0.39, 0.29) is 11.9 Å². The van der Waals surface area contributed by atoms with Gasteiger partial charge in [0.1, 0.15) is 5.69 Å². The van der Waals surface area contributed by atoms with Crippen molar-refractivity contribution >= 4 is 34.0 Å². The number of benzene rings is 1. The normalized spacial score (nSPS) is 15.8. The van der Waals surface area contributed by atoms with Crippen LogP contribution in [0, 0.1) is 5.92 Å². The molecule has 4 nitrogen and oxygen atoms in total. The molecule has 1 aromatic heterocycles. The van der Waals surface area contributed by atoms with Gasteiger partial charge in [0.25, 0.3) is 5.91 Å². The first-order valence-electron chi connectivity index (χ1n) is 6.61. The van der Waals surface area contributed by atoms with Gasteiger partial charge in [-0.25, -0.2) is 4.98 Å². The smallest absolute Gasteiger partial charge is 0.270 e. The summed E-state index contributed by atoms with van der Waals surface area (Å²) in [5.74, 6) is 0.164. The van der Waals surface area contributed by atoms with Crippen LogP contribution in [0.5, 0.6) is 0 Å².